The van der Waals surface area contributed by atoms with E-state index in [-0.39, 0.29) is 17.9 Å². The third-order valence-electron chi connectivity index (χ3n) is 3.37. The zero-order valence-corrected chi connectivity index (χ0v) is 11.2. The van der Waals surface area contributed by atoms with Crippen molar-refractivity contribution in [3.8, 4) is 5.75 Å². The van der Waals surface area contributed by atoms with E-state index in [2.05, 4.69) is 10.1 Å². The number of halogens is 3. The highest BCUT2D eigenvalue weighted by molar-refractivity contribution is 5.30. The van der Waals surface area contributed by atoms with Crippen molar-refractivity contribution in [2.24, 2.45) is 0 Å². The first-order valence-electron chi connectivity index (χ1n) is 6.62. The van der Waals surface area contributed by atoms with Crippen LogP contribution in [0.4, 0.5) is 13.2 Å². The van der Waals surface area contributed by atoms with Gasteiger partial charge >= 0.3 is 6.36 Å². The topological polar surface area (TPSA) is 30.5 Å². The molecule has 1 aromatic rings. The minimum atomic E-state index is -4.66. The Morgan fingerprint density at radius 3 is 2.85 bits per heavy atom. The molecule has 2 atom stereocenters. The molecule has 20 heavy (non-hydrogen) atoms. The summed E-state index contributed by atoms with van der Waals surface area (Å²) in [5.41, 5.74) is 0.768. The van der Waals surface area contributed by atoms with Gasteiger partial charge in [-0.1, -0.05) is 12.1 Å². The molecule has 1 N–H and O–H groups in total. The summed E-state index contributed by atoms with van der Waals surface area (Å²) in [7, 11) is 1.79. The first kappa shape index (κ1) is 15.1. The van der Waals surface area contributed by atoms with Crippen LogP contribution in [0.25, 0.3) is 0 Å². The number of ether oxygens (including phenoxy) is 2. The second-order valence-corrected chi connectivity index (χ2v) is 4.83. The molecule has 112 valence electrons. The first-order valence-corrected chi connectivity index (χ1v) is 6.62. The van der Waals surface area contributed by atoms with Gasteiger partial charge in [0.05, 0.1) is 6.10 Å². The van der Waals surface area contributed by atoms with Crippen molar-refractivity contribution in [2.75, 3.05) is 13.7 Å². The van der Waals surface area contributed by atoms with E-state index in [1.807, 2.05) is 0 Å². The minimum absolute atomic E-state index is 0.0464. The van der Waals surface area contributed by atoms with Crippen molar-refractivity contribution in [1.82, 2.24) is 5.32 Å². The van der Waals surface area contributed by atoms with Crippen LogP contribution in [0.15, 0.2) is 24.3 Å². The molecule has 0 radical (unpaired) electrons. The Kier molecular flexibility index (Phi) is 4.88. The molecule has 1 aliphatic heterocycles. The van der Waals surface area contributed by atoms with Gasteiger partial charge in [0.2, 0.25) is 0 Å². The number of alkyl halides is 3. The number of nitrogens with one attached hydrogen (secondary N) is 1. The number of hydrogen-bond acceptors (Lipinski definition) is 3. The zero-order chi connectivity index (χ0) is 14.6. The Morgan fingerprint density at radius 2 is 2.25 bits per heavy atom. The van der Waals surface area contributed by atoms with Crippen LogP contribution in [0.5, 0.6) is 5.75 Å². The van der Waals surface area contributed by atoms with Crippen LogP contribution < -0.4 is 10.1 Å². The van der Waals surface area contributed by atoms with Crippen LogP contribution in [0.3, 0.4) is 0 Å². The maximum Gasteiger partial charge on any atom is 0.573 e. The first-order chi connectivity index (χ1) is 9.48. The number of rotatable bonds is 5. The van der Waals surface area contributed by atoms with E-state index in [0.717, 1.165) is 31.4 Å². The third-order valence-corrected chi connectivity index (χ3v) is 3.37. The predicted octanol–water partition coefficient (Wildman–Crippen LogP) is 3.41. The number of benzene rings is 1. The molecule has 0 aromatic heterocycles. The highest BCUT2D eigenvalue weighted by Crippen LogP contribution is 2.29. The van der Waals surface area contributed by atoms with Crippen LogP contribution >= 0.6 is 0 Å². The fraction of sp³-hybridized carbons (Fsp3) is 0.571. The standard InChI is InChI=1S/C14H18F3NO2/c1-18-13(9-11-6-3-7-19-11)10-4-2-5-12(8-10)20-14(15,16)17/h2,4-5,8,11,13,18H,3,6-7,9H2,1H3. The molecule has 2 unspecified atom stereocenters. The van der Waals surface area contributed by atoms with Crippen molar-refractivity contribution in [1.29, 1.82) is 0 Å². The van der Waals surface area contributed by atoms with Crippen molar-refractivity contribution < 1.29 is 22.6 Å². The van der Waals surface area contributed by atoms with Gasteiger partial charge in [0, 0.05) is 12.6 Å². The molecule has 2 rings (SSSR count). The Morgan fingerprint density at radius 1 is 1.45 bits per heavy atom. The normalized spacial score (nSPS) is 20.9. The van der Waals surface area contributed by atoms with Gasteiger partial charge in [0.25, 0.3) is 0 Å². The predicted molar refractivity (Wildman–Crippen MR) is 68.5 cm³/mol. The summed E-state index contributed by atoms with van der Waals surface area (Å²) in [5, 5.41) is 3.12. The average molecular weight is 289 g/mol. The molecule has 1 aliphatic rings. The Bertz CT molecular complexity index is 431. The maximum absolute atomic E-state index is 12.2. The highest BCUT2D eigenvalue weighted by Gasteiger charge is 2.31. The van der Waals surface area contributed by atoms with E-state index in [4.69, 9.17) is 4.74 Å². The van der Waals surface area contributed by atoms with E-state index in [9.17, 15) is 13.2 Å². The van der Waals surface area contributed by atoms with Crippen LogP contribution in [0.2, 0.25) is 0 Å². The molecule has 3 nitrogen and oxygen atoms in total. The van der Waals surface area contributed by atoms with Crippen LogP contribution in [0, 0.1) is 0 Å². The van der Waals surface area contributed by atoms with E-state index in [1.165, 1.54) is 12.1 Å². The van der Waals surface area contributed by atoms with Gasteiger partial charge < -0.3 is 14.8 Å². The molecule has 1 heterocycles. The van der Waals surface area contributed by atoms with Gasteiger partial charge in [0.15, 0.2) is 0 Å². The summed E-state index contributed by atoms with van der Waals surface area (Å²) in [5.74, 6) is -0.192. The molecule has 1 fully saturated rings. The summed E-state index contributed by atoms with van der Waals surface area (Å²) in [4.78, 5) is 0. The third kappa shape index (κ3) is 4.38. The van der Waals surface area contributed by atoms with Crippen LogP contribution in [-0.4, -0.2) is 26.1 Å². The molecular formula is C14H18F3NO2. The van der Waals surface area contributed by atoms with E-state index < -0.39 is 6.36 Å². The van der Waals surface area contributed by atoms with E-state index in [0.29, 0.717) is 0 Å². The van der Waals surface area contributed by atoms with Crippen molar-refractivity contribution >= 4 is 0 Å². The lowest BCUT2D eigenvalue weighted by Crippen LogP contribution is -2.22. The number of hydrogen-bond donors (Lipinski definition) is 1. The van der Waals surface area contributed by atoms with Crippen molar-refractivity contribution in [3.05, 3.63) is 29.8 Å². The zero-order valence-electron chi connectivity index (χ0n) is 11.2. The molecule has 1 saturated heterocycles. The molecule has 0 saturated carbocycles. The minimum Gasteiger partial charge on any atom is -0.406 e. The highest BCUT2D eigenvalue weighted by atomic mass is 19.4. The van der Waals surface area contributed by atoms with Crippen LogP contribution in [0.1, 0.15) is 30.9 Å². The molecule has 6 heteroatoms. The second kappa shape index (κ2) is 6.45. The lowest BCUT2D eigenvalue weighted by molar-refractivity contribution is -0.274. The molecule has 1 aromatic carbocycles. The fourth-order valence-electron chi connectivity index (χ4n) is 2.44. The van der Waals surface area contributed by atoms with Gasteiger partial charge in [-0.25, -0.2) is 0 Å². The summed E-state index contributed by atoms with van der Waals surface area (Å²) < 4.78 is 46.2. The smallest absolute Gasteiger partial charge is 0.406 e. The maximum atomic E-state index is 12.2. The summed E-state index contributed by atoms with van der Waals surface area (Å²) in [6, 6.07) is 6.03. The van der Waals surface area contributed by atoms with Gasteiger partial charge in [0.1, 0.15) is 5.75 Å². The second-order valence-electron chi connectivity index (χ2n) is 4.83. The fourth-order valence-corrected chi connectivity index (χ4v) is 2.44. The SMILES string of the molecule is CNC(CC1CCCO1)c1cccc(OC(F)(F)F)c1. The van der Waals surface area contributed by atoms with E-state index >= 15 is 0 Å². The molecular weight excluding hydrogens is 271 g/mol. The van der Waals surface area contributed by atoms with E-state index in [1.54, 1.807) is 19.2 Å². The lowest BCUT2D eigenvalue weighted by Gasteiger charge is -2.21. The van der Waals surface area contributed by atoms with Gasteiger partial charge in [-0.2, -0.15) is 0 Å². The summed E-state index contributed by atoms with van der Waals surface area (Å²) in [6.07, 6.45) is -1.72. The molecule has 0 bridgehead atoms. The Hall–Kier alpha value is -1.27. The lowest BCUT2D eigenvalue weighted by atomic mass is 9.99. The monoisotopic (exact) mass is 289 g/mol. The quantitative estimate of drug-likeness (QED) is 0.901. The van der Waals surface area contributed by atoms with Crippen molar-refractivity contribution in [3.63, 3.8) is 0 Å². The average Bonchev–Trinajstić information content (AvgIpc) is 2.87. The largest absolute Gasteiger partial charge is 0.573 e. The van der Waals surface area contributed by atoms with Gasteiger partial charge in [-0.05, 0) is 44.0 Å². The molecule has 0 spiro atoms. The molecule has 0 aliphatic carbocycles. The van der Waals surface area contributed by atoms with Crippen molar-refractivity contribution in [2.45, 2.75) is 37.8 Å². The Balaban J connectivity index is 2.06. The van der Waals surface area contributed by atoms with Gasteiger partial charge in [-0.3, -0.25) is 0 Å². The summed E-state index contributed by atoms with van der Waals surface area (Å²) in [6.45, 7) is 0.762. The van der Waals surface area contributed by atoms with Gasteiger partial charge in [-0.15, -0.1) is 13.2 Å². The molecule has 0 amide bonds. The Labute approximate surface area is 116 Å². The van der Waals surface area contributed by atoms with Crippen LogP contribution in [-0.2, 0) is 4.74 Å². The summed E-state index contributed by atoms with van der Waals surface area (Å²) >= 11 is 0.